The van der Waals surface area contributed by atoms with E-state index in [2.05, 4.69) is 24.0 Å². The number of anilines is 1. The Labute approximate surface area is 89.7 Å². The molecule has 1 aromatic carbocycles. The number of aryl methyl sites for hydroxylation is 1. The van der Waals surface area contributed by atoms with E-state index in [1.54, 1.807) is 0 Å². The highest BCUT2D eigenvalue weighted by Gasteiger charge is 2.28. The van der Waals surface area contributed by atoms with Crippen LogP contribution < -0.4 is 4.90 Å². The number of benzene rings is 1. The van der Waals surface area contributed by atoms with Gasteiger partial charge in [-0.15, -0.1) is 0 Å². The van der Waals surface area contributed by atoms with E-state index in [-0.39, 0.29) is 6.04 Å². The quantitative estimate of drug-likeness (QED) is 0.742. The van der Waals surface area contributed by atoms with Crippen LogP contribution >= 0.6 is 0 Å². The summed E-state index contributed by atoms with van der Waals surface area (Å²) in [6.45, 7) is 2.54. The molecule has 0 aromatic heterocycles. The van der Waals surface area contributed by atoms with Gasteiger partial charge in [-0.25, -0.2) is 4.39 Å². The van der Waals surface area contributed by atoms with Gasteiger partial charge in [0.1, 0.15) is 0 Å². The normalized spacial score (nSPS) is 25.5. The minimum Gasteiger partial charge on any atom is -0.369 e. The fraction of sp³-hybridized carbons (Fsp3) is 0.500. The van der Waals surface area contributed by atoms with Crippen LogP contribution in [0.4, 0.5) is 10.1 Å². The fourth-order valence-electron chi connectivity index (χ4n) is 1.99. The maximum Gasteiger partial charge on any atom is 0.200 e. The van der Waals surface area contributed by atoms with Crippen LogP contribution in [0.2, 0.25) is 0 Å². The molecule has 2 atom stereocenters. The third-order valence-electron chi connectivity index (χ3n) is 2.97. The van der Waals surface area contributed by atoms with Crippen molar-refractivity contribution in [2.24, 2.45) is 0 Å². The van der Waals surface area contributed by atoms with Crippen molar-refractivity contribution >= 4 is 5.69 Å². The number of hydrogen-bond acceptors (Lipinski definition) is 2. The summed E-state index contributed by atoms with van der Waals surface area (Å²) in [7, 11) is 1.99. The number of likely N-dealkylation sites (N-methyl/N-ethyl adjacent to an activating group) is 1. The average Bonchev–Trinajstić information content (AvgIpc) is 2.65. The van der Waals surface area contributed by atoms with Gasteiger partial charge in [-0.05, 0) is 18.6 Å². The van der Waals surface area contributed by atoms with E-state index in [0.29, 0.717) is 13.0 Å². The number of ether oxygens (including phenoxy) is 1. The highest BCUT2D eigenvalue weighted by atomic mass is 19.1. The van der Waals surface area contributed by atoms with E-state index in [1.807, 2.05) is 19.2 Å². The van der Waals surface area contributed by atoms with E-state index in [0.717, 1.165) is 5.69 Å². The Bertz CT molecular complexity index is 342. The maximum atomic E-state index is 12.9. The first-order chi connectivity index (χ1) is 7.18. The van der Waals surface area contributed by atoms with Gasteiger partial charge in [-0.3, -0.25) is 0 Å². The highest BCUT2D eigenvalue weighted by molar-refractivity contribution is 5.53. The van der Waals surface area contributed by atoms with Crippen LogP contribution in [0.5, 0.6) is 0 Å². The number of alkyl halides is 1. The molecule has 1 saturated heterocycles. The van der Waals surface area contributed by atoms with Crippen molar-refractivity contribution in [3.05, 3.63) is 29.8 Å². The summed E-state index contributed by atoms with van der Waals surface area (Å²) in [5, 5.41) is 0. The lowest BCUT2D eigenvalue weighted by Gasteiger charge is -2.26. The SMILES string of the molecule is Cc1ccccc1N(C)C1COC(F)C1. The lowest BCUT2D eigenvalue weighted by molar-refractivity contribution is 0.00913. The molecule has 0 radical (unpaired) electrons. The van der Waals surface area contributed by atoms with Gasteiger partial charge >= 0.3 is 0 Å². The van der Waals surface area contributed by atoms with Crippen molar-refractivity contribution in [3.8, 4) is 0 Å². The Morgan fingerprint density at radius 3 is 2.73 bits per heavy atom. The molecular weight excluding hydrogens is 193 g/mol. The van der Waals surface area contributed by atoms with E-state index in [1.165, 1.54) is 5.56 Å². The summed E-state index contributed by atoms with van der Waals surface area (Å²) >= 11 is 0. The molecule has 1 aliphatic rings. The number of halogens is 1. The van der Waals surface area contributed by atoms with Gasteiger partial charge in [0.2, 0.25) is 6.36 Å². The summed E-state index contributed by atoms with van der Waals surface area (Å²) in [5.74, 6) is 0. The van der Waals surface area contributed by atoms with Crippen molar-refractivity contribution in [2.75, 3.05) is 18.6 Å². The number of para-hydroxylation sites is 1. The van der Waals surface area contributed by atoms with Gasteiger partial charge in [-0.1, -0.05) is 18.2 Å². The molecule has 1 heterocycles. The summed E-state index contributed by atoms with van der Waals surface area (Å²) in [5.41, 5.74) is 2.36. The van der Waals surface area contributed by atoms with Gasteiger partial charge in [0.15, 0.2) is 0 Å². The van der Waals surface area contributed by atoms with Crippen LogP contribution in [0, 0.1) is 6.92 Å². The summed E-state index contributed by atoms with van der Waals surface area (Å²) in [6.07, 6.45) is -0.633. The third-order valence-corrected chi connectivity index (χ3v) is 2.97. The fourth-order valence-corrected chi connectivity index (χ4v) is 1.99. The van der Waals surface area contributed by atoms with Crippen LogP contribution in [0.3, 0.4) is 0 Å². The molecule has 1 aromatic rings. The molecule has 2 rings (SSSR count). The summed E-state index contributed by atoms with van der Waals surface area (Å²) in [4.78, 5) is 2.11. The first-order valence-electron chi connectivity index (χ1n) is 5.22. The average molecular weight is 209 g/mol. The van der Waals surface area contributed by atoms with E-state index in [9.17, 15) is 4.39 Å². The smallest absolute Gasteiger partial charge is 0.200 e. The second-order valence-corrected chi connectivity index (χ2v) is 4.03. The monoisotopic (exact) mass is 209 g/mol. The second kappa shape index (κ2) is 4.19. The highest BCUT2D eigenvalue weighted by Crippen LogP contribution is 2.25. The largest absolute Gasteiger partial charge is 0.369 e. The molecule has 15 heavy (non-hydrogen) atoms. The first kappa shape index (κ1) is 10.4. The summed E-state index contributed by atoms with van der Waals surface area (Å²) in [6, 6.07) is 8.29. The van der Waals surface area contributed by atoms with Crippen molar-refractivity contribution < 1.29 is 9.13 Å². The molecule has 82 valence electrons. The van der Waals surface area contributed by atoms with Gasteiger partial charge < -0.3 is 9.64 Å². The van der Waals surface area contributed by atoms with E-state index < -0.39 is 6.36 Å². The van der Waals surface area contributed by atoms with E-state index in [4.69, 9.17) is 4.74 Å². The Balaban J connectivity index is 2.14. The molecule has 0 N–H and O–H groups in total. The van der Waals surface area contributed by atoms with Gasteiger partial charge in [0, 0.05) is 19.2 Å². The number of rotatable bonds is 2. The molecule has 2 nitrogen and oxygen atoms in total. The van der Waals surface area contributed by atoms with Crippen LogP contribution in [0.1, 0.15) is 12.0 Å². The van der Waals surface area contributed by atoms with Crippen LogP contribution in [0.15, 0.2) is 24.3 Å². The Morgan fingerprint density at radius 2 is 2.13 bits per heavy atom. The van der Waals surface area contributed by atoms with Gasteiger partial charge in [0.25, 0.3) is 0 Å². The number of hydrogen-bond donors (Lipinski definition) is 0. The Morgan fingerprint density at radius 1 is 1.40 bits per heavy atom. The zero-order valence-electron chi connectivity index (χ0n) is 9.11. The van der Waals surface area contributed by atoms with Crippen LogP contribution in [-0.2, 0) is 4.74 Å². The van der Waals surface area contributed by atoms with Crippen LogP contribution in [-0.4, -0.2) is 26.1 Å². The topological polar surface area (TPSA) is 12.5 Å². The second-order valence-electron chi connectivity index (χ2n) is 4.03. The molecule has 1 aliphatic heterocycles. The summed E-state index contributed by atoms with van der Waals surface area (Å²) < 4.78 is 17.8. The lowest BCUT2D eigenvalue weighted by Crippen LogP contribution is -2.32. The van der Waals surface area contributed by atoms with Crippen molar-refractivity contribution in [1.29, 1.82) is 0 Å². The zero-order valence-corrected chi connectivity index (χ0v) is 9.11. The van der Waals surface area contributed by atoms with Gasteiger partial charge in [0.05, 0.1) is 12.6 Å². The minimum atomic E-state index is -1.10. The minimum absolute atomic E-state index is 0.154. The molecule has 0 amide bonds. The van der Waals surface area contributed by atoms with Crippen molar-refractivity contribution in [1.82, 2.24) is 0 Å². The molecule has 0 saturated carbocycles. The predicted molar refractivity (Wildman–Crippen MR) is 58.8 cm³/mol. The molecule has 2 unspecified atom stereocenters. The zero-order chi connectivity index (χ0) is 10.8. The first-order valence-corrected chi connectivity index (χ1v) is 5.22. The van der Waals surface area contributed by atoms with Gasteiger partial charge in [-0.2, -0.15) is 0 Å². The third kappa shape index (κ3) is 2.12. The Kier molecular flexibility index (Phi) is 2.91. The standard InChI is InChI=1S/C12H16FNO/c1-9-5-3-4-6-11(9)14(2)10-7-12(13)15-8-10/h3-6,10,12H,7-8H2,1-2H3. The molecule has 0 bridgehead atoms. The van der Waals surface area contributed by atoms with Crippen LogP contribution in [0.25, 0.3) is 0 Å². The number of nitrogens with zero attached hydrogens (tertiary/aromatic N) is 1. The van der Waals surface area contributed by atoms with Crippen molar-refractivity contribution in [2.45, 2.75) is 25.7 Å². The Hall–Kier alpha value is -1.09. The predicted octanol–water partition coefficient (Wildman–Crippen LogP) is 2.52. The molecule has 3 heteroatoms. The van der Waals surface area contributed by atoms with E-state index >= 15 is 0 Å². The molecule has 0 spiro atoms. The molecule has 0 aliphatic carbocycles. The molecular formula is C12H16FNO. The lowest BCUT2D eigenvalue weighted by atomic mass is 10.1. The molecule has 1 fully saturated rings. The van der Waals surface area contributed by atoms with Crippen molar-refractivity contribution in [3.63, 3.8) is 0 Å². The maximum absolute atomic E-state index is 12.9.